The molecule has 0 spiro atoms. The van der Waals surface area contributed by atoms with Gasteiger partial charge in [0.15, 0.2) is 5.78 Å². The van der Waals surface area contributed by atoms with Crippen molar-refractivity contribution in [2.24, 2.45) is 0 Å². The van der Waals surface area contributed by atoms with Crippen LogP contribution in [0.3, 0.4) is 0 Å². The van der Waals surface area contributed by atoms with Gasteiger partial charge in [-0.3, -0.25) is 9.48 Å². The molecule has 1 aromatic carbocycles. The zero-order valence-electron chi connectivity index (χ0n) is 9.34. The van der Waals surface area contributed by atoms with Crippen LogP contribution in [0.15, 0.2) is 42.7 Å². The smallest absolute Gasteiger partial charge is 0.162 e. The lowest BCUT2D eigenvalue weighted by atomic mass is 10.1. The normalized spacial score (nSPS) is 10.4. The average Bonchev–Trinajstić information content (AvgIpc) is 2.76. The second kappa shape index (κ2) is 5.64. The van der Waals surface area contributed by atoms with Gasteiger partial charge in [-0.05, 0) is 6.42 Å². The molecule has 2 aromatic rings. The van der Waals surface area contributed by atoms with Gasteiger partial charge in [-0.1, -0.05) is 41.9 Å². The molecule has 0 aliphatic carbocycles. The summed E-state index contributed by atoms with van der Waals surface area (Å²) in [5.74, 6) is 0.170. The Hall–Kier alpha value is -1.61. The molecule has 0 bridgehead atoms. The molecule has 0 radical (unpaired) electrons. The Bertz CT molecular complexity index is 493. The van der Waals surface area contributed by atoms with E-state index in [9.17, 15) is 4.79 Å². The highest BCUT2D eigenvalue weighted by Crippen LogP contribution is 2.08. The molecule has 0 saturated heterocycles. The number of Topliss-reactive ketones (excluding diaryl/α,β-unsaturated/α-hetero) is 1. The lowest BCUT2D eigenvalue weighted by molar-refractivity contribution is 0.0978. The van der Waals surface area contributed by atoms with E-state index in [0.29, 0.717) is 18.0 Å². The topological polar surface area (TPSA) is 34.9 Å². The number of hydrogen-bond acceptors (Lipinski definition) is 2. The molecule has 0 unspecified atom stereocenters. The van der Waals surface area contributed by atoms with Crippen LogP contribution in [0.25, 0.3) is 0 Å². The van der Waals surface area contributed by atoms with Crippen molar-refractivity contribution in [3.8, 4) is 0 Å². The summed E-state index contributed by atoms with van der Waals surface area (Å²) in [5, 5.41) is 4.68. The molecule has 0 N–H and O–H groups in total. The van der Waals surface area contributed by atoms with Gasteiger partial charge in [0.25, 0.3) is 0 Å². The number of carbonyl (C=O) groups excluding carboxylic acids is 1. The van der Waals surface area contributed by atoms with Crippen molar-refractivity contribution in [2.45, 2.75) is 19.4 Å². The van der Waals surface area contributed by atoms with Crippen molar-refractivity contribution >= 4 is 17.4 Å². The SMILES string of the molecule is O=C(CCCn1cc(Cl)cn1)c1ccccc1. The number of nitrogens with zero attached hydrogens (tertiary/aromatic N) is 2. The molecule has 4 heteroatoms. The van der Waals surface area contributed by atoms with Crippen LogP contribution in [0.4, 0.5) is 0 Å². The Morgan fingerprint density at radius 1 is 1.29 bits per heavy atom. The van der Waals surface area contributed by atoms with Crippen LogP contribution in [0.5, 0.6) is 0 Å². The van der Waals surface area contributed by atoms with Crippen LogP contribution in [-0.4, -0.2) is 15.6 Å². The lowest BCUT2D eigenvalue weighted by Gasteiger charge is -2.01. The van der Waals surface area contributed by atoms with Gasteiger partial charge in [0.2, 0.25) is 0 Å². The molecule has 0 saturated carbocycles. The molecule has 0 aliphatic rings. The van der Waals surface area contributed by atoms with Gasteiger partial charge in [-0.2, -0.15) is 5.10 Å². The van der Waals surface area contributed by atoms with Gasteiger partial charge in [0.1, 0.15) is 0 Å². The maximum Gasteiger partial charge on any atom is 0.162 e. The fraction of sp³-hybridized carbons (Fsp3) is 0.231. The molecule has 17 heavy (non-hydrogen) atoms. The molecule has 3 nitrogen and oxygen atoms in total. The molecule has 1 aromatic heterocycles. The monoisotopic (exact) mass is 248 g/mol. The zero-order valence-corrected chi connectivity index (χ0v) is 10.1. The molecule has 0 amide bonds. The van der Waals surface area contributed by atoms with Crippen molar-refractivity contribution in [3.05, 3.63) is 53.3 Å². The highest BCUT2D eigenvalue weighted by molar-refractivity contribution is 6.30. The minimum atomic E-state index is 0.170. The number of ketones is 1. The van der Waals surface area contributed by atoms with Crippen LogP contribution in [-0.2, 0) is 6.54 Å². The molecule has 0 fully saturated rings. The minimum absolute atomic E-state index is 0.170. The first kappa shape index (κ1) is 11.9. The summed E-state index contributed by atoms with van der Waals surface area (Å²) in [6.07, 6.45) is 4.66. The molecule has 0 atom stereocenters. The standard InChI is InChI=1S/C13H13ClN2O/c14-12-9-15-16(10-12)8-4-7-13(17)11-5-2-1-3-6-11/h1-3,5-6,9-10H,4,7-8H2. The van der Waals surface area contributed by atoms with E-state index < -0.39 is 0 Å². The first-order valence-corrected chi connectivity index (χ1v) is 5.90. The summed E-state index contributed by atoms with van der Waals surface area (Å²) in [5.41, 5.74) is 0.769. The van der Waals surface area contributed by atoms with Crippen molar-refractivity contribution < 1.29 is 4.79 Å². The number of rotatable bonds is 5. The van der Waals surface area contributed by atoms with Crippen molar-refractivity contribution in [1.29, 1.82) is 0 Å². The number of carbonyl (C=O) groups is 1. The molecule has 2 rings (SSSR count). The van der Waals surface area contributed by atoms with Gasteiger partial charge in [-0.25, -0.2) is 0 Å². The highest BCUT2D eigenvalue weighted by atomic mass is 35.5. The van der Waals surface area contributed by atoms with Crippen molar-refractivity contribution in [3.63, 3.8) is 0 Å². The highest BCUT2D eigenvalue weighted by Gasteiger charge is 2.04. The Morgan fingerprint density at radius 3 is 2.71 bits per heavy atom. The maximum atomic E-state index is 11.8. The molecule has 1 heterocycles. The summed E-state index contributed by atoms with van der Waals surface area (Å²) in [7, 11) is 0. The number of aryl methyl sites for hydroxylation is 1. The third-order valence-electron chi connectivity index (χ3n) is 2.49. The number of aromatic nitrogens is 2. The second-order valence-electron chi connectivity index (χ2n) is 3.81. The van der Waals surface area contributed by atoms with E-state index in [1.807, 2.05) is 30.3 Å². The van der Waals surface area contributed by atoms with Crippen LogP contribution < -0.4 is 0 Å². The van der Waals surface area contributed by atoms with Gasteiger partial charge in [-0.15, -0.1) is 0 Å². The van der Waals surface area contributed by atoms with Crippen molar-refractivity contribution in [1.82, 2.24) is 9.78 Å². The fourth-order valence-electron chi connectivity index (χ4n) is 1.63. The van der Waals surface area contributed by atoms with Gasteiger partial charge in [0.05, 0.1) is 11.2 Å². The first-order valence-electron chi connectivity index (χ1n) is 5.52. The lowest BCUT2D eigenvalue weighted by Crippen LogP contribution is -2.03. The van der Waals surface area contributed by atoms with Gasteiger partial charge < -0.3 is 0 Å². The quantitative estimate of drug-likeness (QED) is 0.762. The molecule has 88 valence electrons. The maximum absolute atomic E-state index is 11.8. The predicted octanol–water partition coefficient (Wildman–Crippen LogP) is 3.20. The Labute approximate surface area is 105 Å². The predicted molar refractivity (Wildman–Crippen MR) is 67.2 cm³/mol. The second-order valence-corrected chi connectivity index (χ2v) is 4.25. The first-order chi connectivity index (χ1) is 8.25. The molecular formula is C13H13ClN2O. The molecule has 0 aliphatic heterocycles. The zero-order chi connectivity index (χ0) is 12.1. The van der Waals surface area contributed by atoms with E-state index >= 15 is 0 Å². The minimum Gasteiger partial charge on any atom is -0.294 e. The summed E-state index contributed by atoms with van der Waals surface area (Å²) < 4.78 is 1.75. The van der Waals surface area contributed by atoms with Crippen LogP contribution in [0, 0.1) is 0 Å². The van der Waals surface area contributed by atoms with E-state index in [1.54, 1.807) is 17.1 Å². The van der Waals surface area contributed by atoms with E-state index in [1.165, 1.54) is 0 Å². The Balaban J connectivity index is 1.81. The van der Waals surface area contributed by atoms with Gasteiger partial charge in [0, 0.05) is 24.7 Å². The Morgan fingerprint density at radius 2 is 2.06 bits per heavy atom. The Kier molecular flexibility index (Phi) is 3.94. The summed E-state index contributed by atoms with van der Waals surface area (Å²) in [4.78, 5) is 11.8. The summed E-state index contributed by atoms with van der Waals surface area (Å²) >= 11 is 5.75. The molecular weight excluding hydrogens is 236 g/mol. The number of benzene rings is 1. The van der Waals surface area contributed by atoms with Gasteiger partial charge >= 0.3 is 0 Å². The number of hydrogen-bond donors (Lipinski definition) is 0. The third-order valence-corrected chi connectivity index (χ3v) is 2.68. The van der Waals surface area contributed by atoms with E-state index in [-0.39, 0.29) is 5.78 Å². The largest absolute Gasteiger partial charge is 0.294 e. The van der Waals surface area contributed by atoms with E-state index in [2.05, 4.69) is 5.10 Å². The fourth-order valence-corrected chi connectivity index (χ4v) is 1.79. The van der Waals surface area contributed by atoms with Crippen molar-refractivity contribution in [2.75, 3.05) is 0 Å². The van der Waals surface area contributed by atoms with Crippen LogP contribution >= 0.6 is 11.6 Å². The van der Waals surface area contributed by atoms with E-state index in [4.69, 9.17) is 11.6 Å². The third kappa shape index (κ3) is 3.43. The average molecular weight is 249 g/mol. The van der Waals surface area contributed by atoms with E-state index in [0.717, 1.165) is 12.0 Å². The number of halogens is 1. The summed E-state index contributed by atoms with van der Waals surface area (Å²) in [6, 6.07) is 9.34. The van der Waals surface area contributed by atoms with Crippen LogP contribution in [0.2, 0.25) is 5.02 Å². The summed E-state index contributed by atoms with van der Waals surface area (Å²) in [6.45, 7) is 0.714. The van der Waals surface area contributed by atoms with Crippen LogP contribution in [0.1, 0.15) is 23.2 Å².